The second-order valence-corrected chi connectivity index (χ2v) is 3.72. The molecule has 14 heavy (non-hydrogen) atoms. The summed E-state index contributed by atoms with van der Waals surface area (Å²) in [6.07, 6.45) is 0. The van der Waals surface area contributed by atoms with Crippen molar-refractivity contribution in [3.63, 3.8) is 0 Å². The lowest BCUT2D eigenvalue weighted by molar-refractivity contribution is 0.313. The molecule has 1 aromatic carbocycles. The van der Waals surface area contributed by atoms with Crippen LogP contribution in [0.1, 0.15) is 0 Å². The number of benzene rings is 1. The standard InChI is InChI=1S/C11H15N2O/c1-12-6-8-13(9-7-12)10-2-4-11(14)5-3-10/h2,4-5,14H,6-9H2,1H3. The molecule has 0 aliphatic carbocycles. The highest BCUT2D eigenvalue weighted by Gasteiger charge is 2.13. The van der Waals surface area contributed by atoms with E-state index in [4.69, 9.17) is 5.11 Å². The first-order valence-electron chi connectivity index (χ1n) is 4.90. The maximum Gasteiger partial charge on any atom is 0.116 e. The van der Waals surface area contributed by atoms with Crippen LogP contribution in [0.15, 0.2) is 18.2 Å². The van der Waals surface area contributed by atoms with Crippen LogP contribution in [0, 0.1) is 6.07 Å². The van der Waals surface area contributed by atoms with Gasteiger partial charge in [-0.25, -0.2) is 0 Å². The van der Waals surface area contributed by atoms with Crippen molar-refractivity contribution in [1.82, 2.24) is 4.90 Å². The highest BCUT2D eigenvalue weighted by Crippen LogP contribution is 2.18. The number of hydrogen-bond acceptors (Lipinski definition) is 3. The lowest BCUT2D eigenvalue weighted by Crippen LogP contribution is -2.44. The monoisotopic (exact) mass is 191 g/mol. The summed E-state index contributed by atoms with van der Waals surface area (Å²) < 4.78 is 0. The molecule has 3 heteroatoms. The molecule has 0 atom stereocenters. The van der Waals surface area contributed by atoms with Crippen molar-refractivity contribution in [3.05, 3.63) is 24.3 Å². The number of likely N-dealkylation sites (N-methyl/N-ethyl adjacent to an activating group) is 1. The Morgan fingerprint density at radius 1 is 1.21 bits per heavy atom. The minimum absolute atomic E-state index is 0.280. The van der Waals surface area contributed by atoms with Gasteiger partial charge in [-0.2, -0.15) is 0 Å². The van der Waals surface area contributed by atoms with Gasteiger partial charge in [-0.15, -0.1) is 0 Å². The Labute approximate surface area is 84.6 Å². The van der Waals surface area contributed by atoms with Crippen molar-refractivity contribution in [1.29, 1.82) is 0 Å². The van der Waals surface area contributed by atoms with E-state index in [2.05, 4.69) is 22.9 Å². The lowest BCUT2D eigenvalue weighted by Gasteiger charge is -2.33. The summed E-state index contributed by atoms with van der Waals surface area (Å²) in [6.45, 7) is 4.26. The average Bonchev–Trinajstić information content (AvgIpc) is 2.21. The molecule has 0 spiro atoms. The van der Waals surface area contributed by atoms with Gasteiger partial charge in [-0.05, 0) is 25.2 Å². The number of phenolic OH excluding ortho intramolecular Hbond substituents is 1. The molecule has 1 aromatic rings. The fraction of sp³-hybridized carbons (Fsp3) is 0.455. The van der Waals surface area contributed by atoms with Gasteiger partial charge in [0.1, 0.15) is 5.75 Å². The maximum absolute atomic E-state index is 9.14. The van der Waals surface area contributed by atoms with Crippen LogP contribution >= 0.6 is 0 Å². The molecule has 0 saturated carbocycles. The van der Waals surface area contributed by atoms with E-state index >= 15 is 0 Å². The first-order valence-corrected chi connectivity index (χ1v) is 4.90. The highest BCUT2D eigenvalue weighted by atomic mass is 16.3. The summed E-state index contributed by atoms with van der Waals surface area (Å²) >= 11 is 0. The predicted octanol–water partition coefficient (Wildman–Crippen LogP) is 0.944. The molecule has 1 heterocycles. The number of piperazine rings is 1. The SMILES string of the molecule is CN1CCN(c2[c]cc(O)cc2)CC1. The first kappa shape index (κ1) is 9.34. The molecule has 1 saturated heterocycles. The Bertz CT molecular complexity index is 289. The van der Waals surface area contributed by atoms with E-state index in [0.717, 1.165) is 31.9 Å². The van der Waals surface area contributed by atoms with Gasteiger partial charge >= 0.3 is 0 Å². The van der Waals surface area contributed by atoms with Crippen molar-refractivity contribution in [2.75, 3.05) is 38.1 Å². The van der Waals surface area contributed by atoms with Gasteiger partial charge in [0.15, 0.2) is 0 Å². The van der Waals surface area contributed by atoms with E-state index in [0.29, 0.717) is 0 Å². The summed E-state index contributed by atoms with van der Waals surface area (Å²) in [5, 5.41) is 9.14. The molecule has 1 fully saturated rings. The third-order valence-electron chi connectivity index (χ3n) is 2.62. The molecular weight excluding hydrogens is 176 g/mol. The van der Waals surface area contributed by atoms with Crippen molar-refractivity contribution in [2.45, 2.75) is 0 Å². The molecule has 0 aromatic heterocycles. The van der Waals surface area contributed by atoms with Crippen LogP contribution in [0.4, 0.5) is 5.69 Å². The van der Waals surface area contributed by atoms with Gasteiger partial charge in [-0.1, -0.05) is 0 Å². The number of phenols is 1. The molecule has 1 aliphatic heterocycles. The van der Waals surface area contributed by atoms with Crippen LogP contribution in [0.5, 0.6) is 5.75 Å². The van der Waals surface area contributed by atoms with Gasteiger partial charge in [0.2, 0.25) is 0 Å². The molecule has 1 radical (unpaired) electrons. The van der Waals surface area contributed by atoms with E-state index in [1.807, 2.05) is 6.07 Å². The van der Waals surface area contributed by atoms with E-state index in [1.165, 1.54) is 0 Å². The largest absolute Gasteiger partial charge is 0.508 e. The molecule has 0 bridgehead atoms. The minimum atomic E-state index is 0.280. The molecule has 1 aliphatic rings. The number of rotatable bonds is 1. The summed E-state index contributed by atoms with van der Waals surface area (Å²) in [5.74, 6) is 0.280. The summed E-state index contributed by atoms with van der Waals surface area (Å²) in [7, 11) is 2.14. The molecular formula is C11H15N2O. The van der Waals surface area contributed by atoms with Crippen molar-refractivity contribution < 1.29 is 5.11 Å². The first-order chi connectivity index (χ1) is 6.75. The van der Waals surface area contributed by atoms with Gasteiger partial charge < -0.3 is 14.9 Å². The number of nitrogens with zero attached hydrogens (tertiary/aromatic N) is 2. The van der Waals surface area contributed by atoms with Gasteiger partial charge in [-0.3, -0.25) is 0 Å². The van der Waals surface area contributed by atoms with Gasteiger partial charge in [0.05, 0.1) is 0 Å². The Balaban J connectivity index is 2.05. The second kappa shape index (κ2) is 3.88. The Kier molecular flexibility index (Phi) is 2.59. The minimum Gasteiger partial charge on any atom is -0.508 e. The number of anilines is 1. The van der Waals surface area contributed by atoms with Crippen molar-refractivity contribution in [3.8, 4) is 5.75 Å². The predicted molar refractivity (Wildman–Crippen MR) is 56.7 cm³/mol. The van der Waals surface area contributed by atoms with Gasteiger partial charge in [0, 0.05) is 37.9 Å². The average molecular weight is 191 g/mol. The van der Waals surface area contributed by atoms with Crippen LogP contribution in [0.25, 0.3) is 0 Å². The van der Waals surface area contributed by atoms with Gasteiger partial charge in [0.25, 0.3) is 0 Å². The third-order valence-corrected chi connectivity index (χ3v) is 2.62. The van der Waals surface area contributed by atoms with Crippen LogP contribution in [-0.2, 0) is 0 Å². The van der Waals surface area contributed by atoms with Crippen molar-refractivity contribution >= 4 is 5.69 Å². The zero-order chi connectivity index (χ0) is 9.97. The summed E-state index contributed by atoms with van der Waals surface area (Å²) in [6, 6.07) is 8.33. The normalized spacial score (nSPS) is 18.5. The quantitative estimate of drug-likeness (QED) is 0.715. The molecule has 2 rings (SSSR count). The number of aromatic hydroxyl groups is 1. The summed E-state index contributed by atoms with van der Waals surface area (Å²) in [5.41, 5.74) is 1.08. The zero-order valence-corrected chi connectivity index (χ0v) is 8.40. The molecule has 75 valence electrons. The second-order valence-electron chi connectivity index (χ2n) is 3.72. The fourth-order valence-electron chi connectivity index (χ4n) is 1.65. The van der Waals surface area contributed by atoms with Crippen LogP contribution in [-0.4, -0.2) is 43.2 Å². The molecule has 1 N–H and O–H groups in total. The lowest BCUT2D eigenvalue weighted by atomic mass is 10.2. The van der Waals surface area contributed by atoms with Crippen molar-refractivity contribution in [2.24, 2.45) is 0 Å². The van der Waals surface area contributed by atoms with Crippen LogP contribution in [0.3, 0.4) is 0 Å². The fourth-order valence-corrected chi connectivity index (χ4v) is 1.65. The molecule has 3 nitrogen and oxygen atoms in total. The van der Waals surface area contributed by atoms with Crippen LogP contribution < -0.4 is 4.90 Å². The number of hydrogen-bond donors (Lipinski definition) is 1. The highest BCUT2D eigenvalue weighted by molar-refractivity contribution is 5.47. The van der Waals surface area contributed by atoms with E-state index in [1.54, 1.807) is 12.1 Å². The molecule has 0 amide bonds. The smallest absolute Gasteiger partial charge is 0.116 e. The van der Waals surface area contributed by atoms with E-state index in [9.17, 15) is 0 Å². The Morgan fingerprint density at radius 2 is 1.93 bits per heavy atom. The Hall–Kier alpha value is -1.22. The van der Waals surface area contributed by atoms with E-state index < -0.39 is 0 Å². The summed E-state index contributed by atoms with van der Waals surface area (Å²) in [4.78, 5) is 4.61. The topological polar surface area (TPSA) is 26.7 Å². The molecule has 0 unspecified atom stereocenters. The maximum atomic E-state index is 9.14. The zero-order valence-electron chi connectivity index (χ0n) is 8.40. The van der Waals surface area contributed by atoms with Crippen LogP contribution in [0.2, 0.25) is 0 Å². The Morgan fingerprint density at radius 3 is 2.50 bits per heavy atom. The third kappa shape index (κ3) is 1.99. The van der Waals surface area contributed by atoms with E-state index in [-0.39, 0.29) is 5.75 Å².